The molecule has 1 aliphatic rings. The molecule has 3 aromatic rings. The van der Waals surface area contributed by atoms with Crippen LogP contribution in [0.4, 0.5) is 4.39 Å². The normalized spacial score (nSPS) is 14.1. The van der Waals surface area contributed by atoms with Crippen molar-refractivity contribution >= 4 is 29.3 Å². The quantitative estimate of drug-likeness (QED) is 0.490. The number of carbonyl (C=O) groups is 1. The lowest BCUT2D eigenvalue weighted by Gasteiger charge is -2.23. The van der Waals surface area contributed by atoms with E-state index in [1.807, 2.05) is 6.07 Å². The molecule has 4 rings (SSSR count). The summed E-state index contributed by atoms with van der Waals surface area (Å²) in [6.07, 6.45) is 1.93. The number of rotatable bonds is 4. The molecule has 8 nitrogen and oxygen atoms in total. The maximum atomic E-state index is 14.5. The van der Waals surface area contributed by atoms with Crippen LogP contribution in [-0.2, 0) is 0 Å². The molecule has 1 saturated heterocycles. The van der Waals surface area contributed by atoms with Crippen molar-refractivity contribution in [3.8, 4) is 23.1 Å². The molecular formula is C21H22ClFN6O2. The largest absolute Gasteiger partial charge is 0.508 e. The molecule has 0 aliphatic carbocycles. The third-order valence-corrected chi connectivity index (χ3v) is 5.44. The lowest BCUT2D eigenvalue weighted by Crippen LogP contribution is -2.36. The van der Waals surface area contributed by atoms with Gasteiger partial charge in [-0.05, 0) is 50.9 Å². The monoisotopic (exact) mass is 444 g/mol. The lowest BCUT2D eigenvalue weighted by molar-refractivity contribution is 0.0945. The Morgan fingerprint density at radius 2 is 2.13 bits per heavy atom. The van der Waals surface area contributed by atoms with Gasteiger partial charge >= 0.3 is 0 Å². The Hall–Kier alpha value is -3.22. The third kappa shape index (κ3) is 4.31. The summed E-state index contributed by atoms with van der Waals surface area (Å²) in [6, 6.07) is 5.60. The van der Waals surface area contributed by atoms with Gasteiger partial charge in [-0.1, -0.05) is 0 Å². The number of piperidine rings is 1. The summed E-state index contributed by atoms with van der Waals surface area (Å²) >= 11 is 0. The second-order valence-electron chi connectivity index (χ2n) is 7.44. The Bertz CT molecular complexity index is 1170. The molecule has 0 unspecified atom stereocenters. The number of nitrogens with one attached hydrogen (secondary N) is 3. The highest BCUT2D eigenvalue weighted by Gasteiger charge is 2.26. The zero-order valence-electron chi connectivity index (χ0n) is 16.8. The van der Waals surface area contributed by atoms with Crippen molar-refractivity contribution in [3.05, 3.63) is 40.8 Å². The first kappa shape index (κ1) is 22.5. The molecular weight excluding hydrogens is 423 g/mol. The zero-order valence-corrected chi connectivity index (χ0v) is 17.6. The van der Waals surface area contributed by atoms with Gasteiger partial charge in [-0.3, -0.25) is 9.89 Å². The van der Waals surface area contributed by atoms with E-state index in [1.165, 1.54) is 12.1 Å². The third-order valence-electron chi connectivity index (χ3n) is 5.44. The minimum atomic E-state index is -0.744. The summed E-state index contributed by atoms with van der Waals surface area (Å²) < 4.78 is 14.5. The van der Waals surface area contributed by atoms with Gasteiger partial charge in [0.1, 0.15) is 17.6 Å². The number of nitrogens with zero attached hydrogens (tertiary/aromatic N) is 3. The molecule has 162 valence electrons. The topological polar surface area (TPSA) is 127 Å². The van der Waals surface area contributed by atoms with Crippen LogP contribution in [-0.4, -0.2) is 45.8 Å². The SMILES string of the molecule is Cc1[nH]nc2nc(-c3ccc(O)cc3F)c(C#N)c(C(=O)NCC3CCNCC3)c12.Cl. The number of fused-ring (bicyclic) bond motifs is 1. The molecule has 1 fully saturated rings. The van der Waals surface area contributed by atoms with Gasteiger partial charge in [-0.25, -0.2) is 9.37 Å². The van der Waals surface area contributed by atoms with Crippen molar-refractivity contribution < 1.29 is 14.3 Å². The Balaban J connectivity index is 0.00000272. The van der Waals surface area contributed by atoms with E-state index in [1.54, 1.807) is 6.92 Å². The van der Waals surface area contributed by atoms with Crippen LogP contribution >= 0.6 is 12.4 Å². The van der Waals surface area contributed by atoms with Crippen LogP contribution in [0.3, 0.4) is 0 Å². The molecule has 0 radical (unpaired) electrons. The summed E-state index contributed by atoms with van der Waals surface area (Å²) in [6.45, 7) is 4.06. The van der Waals surface area contributed by atoms with Crippen molar-refractivity contribution in [2.75, 3.05) is 19.6 Å². The smallest absolute Gasteiger partial charge is 0.253 e. The molecule has 1 aliphatic heterocycles. The first-order chi connectivity index (χ1) is 14.5. The number of hydrogen-bond donors (Lipinski definition) is 4. The number of aromatic amines is 1. The van der Waals surface area contributed by atoms with Crippen LogP contribution in [0.25, 0.3) is 22.3 Å². The van der Waals surface area contributed by atoms with Gasteiger partial charge in [0.2, 0.25) is 0 Å². The summed E-state index contributed by atoms with van der Waals surface area (Å²) in [5.74, 6) is -1.04. The van der Waals surface area contributed by atoms with Crippen LogP contribution < -0.4 is 10.6 Å². The van der Waals surface area contributed by atoms with Crippen LogP contribution in [0, 0.1) is 30.0 Å². The number of phenols is 1. The number of benzene rings is 1. The molecule has 1 amide bonds. The number of aryl methyl sites for hydroxylation is 1. The number of aromatic hydroxyl groups is 1. The van der Waals surface area contributed by atoms with Crippen LogP contribution in [0.15, 0.2) is 18.2 Å². The van der Waals surface area contributed by atoms with E-state index < -0.39 is 11.7 Å². The van der Waals surface area contributed by atoms with Crippen molar-refractivity contribution in [3.63, 3.8) is 0 Å². The van der Waals surface area contributed by atoms with E-state index in [9.17, 15) is 19.6 Å². The molecule has 31 heavy (non-hydrogen) atoms. The van der Waals surface area contributed by atoms with Crippen molar-refractivity contribution in [1.82, 2.24) is 25.8 Å². The van der Waals surface area contributed by atoms with E-state index in [2.05, 4.69) is 25.8 Å². The van der Waals surface area contributed by atoms with Crippen LogP contribution in [0.5, 0.6) is 5.75 Å². The minimum Gasteiger partial charge on any atom is -0.508 e. The second kappa shape index (κ2) is 9.29. The van der Waals surface area contributed by atoms with E-state index in [-0.39, 0.29) is 46.2 Å². The highest BCUT2D eigenvalue weighted by molar-refractivity contribution is 6.10. The van der Waals surface area contributed by atoms with E-state index in [0.717, 1.165) is 32.0 Å². The Labute approximate surface area is 184 Å². The highest BCUT2D eigenvalue weighted by Crippen LogP contribution is 2.33. The number of nitriles is 1. The molecule has 0 atom stereocenters. The maximum Gasteiger partial charge on any atom is 0.253 e. The molecule has 10 heteroatoms. The number of amides is 1. The number of pyridine rings is 1. The van der Waals surface area contributed by atoms with Gasteiger partial charge in [0, 0.05) is 23.9 Å². The number of phenolic OH excluding ortho intramolecular Hbond substituents is 1. The number of carbonyl (C=O) groups excluding carboxylic acids is 1. The van der Waals surface area contributed by atoms with Gasteiger partial charge in [0.15, 0.2) is 5.65 Å². The van der Waals surface area contributed by atoms with Crippen LogP contribution in [0.1, 0.15) is 34.5 Å². The first-order valence-electron chi connectivity index (χ1n) is 9.76. The molecule has 0 bridgehead atoms. The fourth-order valence-corrected chi connectivity index (χ4v) is 3.84. The zero-order chi connectivity index (χ0) is 21.3. The predicted octanol–water partition coefficient (Wildman–Crippen LogP) is 2.80. The highest BCUT2D eigenvalue weighted by atomic mass is 35.5. The molecule has 4 N–H and O–H groups in total. The Morgan fingerprint density at radius 3 is 2.81 bits per heavy atom. The molecule has 0 saturated carbocycles. The number of aromatic nitrogens is 3. The van der Waals surface area contributed by atoms with Gasteiger partial charge in [-0.2, -0.15) is 10.4 Å². The average Bonchev–Trinajstić information content (AvgIpc) is 3.12. The fourth-order valence-electron chi connectivity index (χ4n) is 3.84. The maximum absolute atomic E-state index is 14.5. The molecule has 2 aromatic heterocycles. The summed E-state index contributed by atoms with van der Waals surface area (Å²) in [4.78, 5) is 17.5. The van der Waals surface area contributed by atoms with Crippen LogP contribution in [0.2, 0.25) is 0 Å². The second-order valence-corrected chi connectivity index (χ2v) is 7.44. The van der Waals surface area contributed by atoms with E-state index in [4.69, 9.17) is 0 Å². The Kier molecular flexibility index (Phi) is 6.73. The van der Waals surface area contributed by atoms with Gasteiger partial charge < -0.3 is 15.7 Å². The summed E-state index contributed by atoms with van der Waals surface area (Å²) in [5.41, 5.74) is 0.949. The number of hydrogen-bond acceptors (Lipinski definition) is 6. The van der Waals surface area contributed by atoms with Gasteiger partial charge in [0.05, 0.1) is 22.2 Å². The van der Waals surface area contributed by atoms with Gasteiger partial charge in [0.25, 0.3) is 5.91 Å². The number of halogens is 2. The lowest BCUT2D eigenvalue weighted by atomic mass is 9.96. The summed E-state index contributed by atoms with van der Waals surface area (Å²) in [7, 11) is 0. The molecule has 3 heterocycles. The van der Waals surface area contributed by atoms with Crippen molar-refractivity contribution in [1.29, 1.82) is 5.26 Å². The summed E-state index contributed by atoms with van der Waals surface area (Å²) in [5, 5.41) is 33.0. The van der Waals surface area contributed by atoms with Crippen molar-refractivity contribution in [2.24, 2.45) is 5.92 Å². The average molecular weight is 445 g/mol. The van der Waals surface area contributed by atoms with Crippen molar-refractivity contribution in [2.45, 2.75) is 19.8 Å². The molecule has 1 aromatic carbocycles. The standard InChI is InChI=1S/C21H21FN6O2.ClH/c1-11-17-18(21(30)25-10-12-4-6-24-7-5-12)15(9-23)19(26-20(17)28-27-11)14-3-2-13(29)8-16(14)22;/h2-3,8,12,24,29H,4-7,10H2,1H3,(H,25,30)(H,26,27,28);1H. The number of H-pyrrole nitrogens is 1. The molecule has 0 spiro atoms. The minimum absolute atomic E-state index is 0. The van der Waals surface area contributed by atoms with E-state index >= 15 is 0 Å². The predicted molar refractivity (Wildman–Crippen MR) is 116 cm³/mol. The van der Waals surface area contributed by atoms with E-state index in [0.29, 0.717) is 23.5 Å². The first-order valence-corrected chi connectivity index (χ1v) is 9.76. The fraction of sp³-hybridized carbons (Fsp3) is 0.333. The Morgan fingerprint density at radius 1 is 1.39 bits per heavy atom. The van der Waals surface area contributed by atoms with Gasteiger partial charge in [-0.15, -0.1) is 12.4 Å².